The van der Waals surface area contributed by atoms with E-state index in [0.717, 1.165) is 17.1 Å². The molecular weight excluding hydrogens is 252 g/mol. The van der Waals surface area contributed by atoms with Crippen LogP contribution in [0, 0.1) is 18.6 Å². The van der Waals surface area contributed by atoms with E-state index in [2.05, 4.69) is 48.3 Å². The lowest BCUT2D eigenvalue weighted by Crippen LogP contribution is -2.05. The highest BCUT2D eigenvalue weighted by Crippen LogP contribution is 2.23. The van der Waals surface area contributed by atoms with Crippen molar-refractivity contribution in [2.24, 2.45) is 0 Å². The first-order valence-electron chi connectivity index (χ1n) is 6.22. The molecule has 2 nitrogen and oxygen atoms in total. The molecule has 0 aliphatic carbocycles. The van der Waals surface area contributed by atoms with Gasteiger partial charge in [-0.25, -0.2) is 4.98 Å². The van der Waals surface area contributed by atoms with Gasteiger partial charge in [0.1, 0.15) is 0 Å². The van der Waals surface area contributed by atoms with Gasteiger partial charge < -0.3 is 0 Å². The summed E-state index contributed by atoms with van der Waals surface area (Å²) in [5.74, 6) is 0. The second kappa shape index (κ2) is 4.59. The largest absolute Gasteiger partial charge is 0.289 e. The standard InChI is InChI=1S/C16H14N2S/c1-11-10-12(2)18(16(19)17-11)15-9-5-7-13-6-3-4-8-14(13)15/h3-10H,1-2H3. The summed E-state index contributed by atoms with van der Waals surface area (Å²) in [5, 5.41) is 2.40. The Kier molecular flexibility index (Phi) is 2.91. The molecular formula is C16H14N2S. The molecule has 3 heteroatoms. The third kappa shape index (κ3) is 2.06. The van der Waals surface area contributed by atoms with Crippen molar-refractivity contribution in [1.82, 2.24) is 9.55 Å². The van der Waals surface area contributed by atoms with E-state index in [1.807, 2.05) is 23.6 Å². The van der Waals surface area contributed by atoms with Gasteiger partial charge in [0.2, 0.25) is 4.77 Å². The van der Waals surface area contributed by atoms with E-state index >= 15 is 0 Å². The summed E-state index contributed by atoms with van der Waals surface area (Å²) in [4.78, 5) is 4.40. The Morgan fingerprint density at radius 3 is 2.53 bits per heavy atom. The molecule has 1 heterocycles. The van der Waals surface area contributed by atoms with Gasteiger partial charge in [-0.05, 0) is 43.6 Å². The minimum Gasteiger partial charge on any atom is -0.289 e. The number of aromatic nitrogens is 2. The van der Waals surface area contributed by atoms with Gasteiger partial charge >= 0.3 is 0 Å². The van der Waals surface area contributed by atoms with Crippen molar-refractivity contribution in [1.29, 1.82) is 0 Å². The van der Waals surface area contributed by atoms with Gasteiger partial charge in [-0.1, -0.05) is 36.4 Å². The molecule has 2 aromatic carbocycles. The number of fused-ring (bicyclic) bond motifs is 1. The van der Waals surface area contributed by atoms with E-state index in [9.17, 15) is 0 Å². The van der Waals surface area contributed by atoms with Crippen molar-refractivity contribution in [2.45, 2.75) is 13.8 Å². The molecule has 0 amide bonds. The second-order valence-corrected chi connectivity index (χ2v) is 5.02. The zero-order chi connectivity index (χ0) is 13.4. The molecule has 0 saturated carbocycles. The number of hydrogen-bond acceptors (Lipinski definition) is 2. The van der Waals surface area contributed by atoms with E-state index in [1.165, 1.54) is 10.8 Å². The van der Waals surface area contributed by atoms with Crippen LogP contribution in [0.2, 0.25) is 0 Å². The van der Waals surface area contributed by atoms with Crippen molar-refractivity contribution in [2.75, 3.05) is 0 Å². The summed E-state index contributed by atoms with van der Waals surface area (Å²) in [7, 11) is 0. The normalized spacial score (nSPS) is 10.8. The fourth-order valence-corrected chi connectivity index (χ4v) is 2.83. The molecule has 3 aromatic rings. The van der Waals surface area contributed by atoms with E-state index in [0.29, 0.717) is 4.77 Å². The SMILES string of the molecule is Cc1cc(C)n(-c2cccc3ccccc23)c(=S)n1. The first kappa shape index (κ1) is 12.1. The highest BCUT2D eigenvalue weighted by Gasteiger charge is 2.06. The van der Waals surface area contributed by atoms with Crippen molar-refractivity contribution < 1.29 is 0 Å². The molecule has 19 heavy (non-hydrogen) atoms. The smallest absolute Gasteiger partial charge is 0.204 e. The fraction of sp³-hybridized carbons (Fsp3) is 0.125. The predicted molar refractivity (Wildman–Crippen MR) is 81.4 cm³/mol. The van der Waals surface area contributed by atoms with Crippen LogP contribution in [-0.4, -0.2) is 9.55 Å². The van der Waals surface area contributed by atoms with Crippen LogP contribution < -0.4 is 0 Å². The summed E-state index contributed by atoms with van der Waals surface area (Å²) < 4.78 is 2.64. The Balaban J connectivity index is 2.41. The number of aryl methyl sites for hydroxylation is 2. The first-order valence-corrected chi connectivity index (χ1v) is 6.63. The van der Waals surface area contributed by atoms with E-state index < -0.39 is 0 Å². The Labute approximate surface area is 117 Å². The van der Waals surface area contributed by atoms with Crippen molar-refractivity contribution in [3.8, 4) is 5.69 Å². The molecule has 0 N–H and O–H groups in total. The molecule has 0 aliphatic rings. The lowest BCUT2D eigenvalue weighted by Gasteiger charge is -2.13. The van der Waals surface area contributed by atoms with Crippen LogP contribution in [0.4, 0.5) is 0 Å². The van der Waals surface area contributed by atoms with Gasteiger partial charge in [0, 0.05) is 16.8 Å². The van der Waals surface area contributed by atoms with E-state index in [-0.39, 0.29) is 0 Å². The third-order valence-electron chi connectivity index (χ3n) is 3.24. The van der Waals surface area contributed by atoms with Crippen LogP contribution in [0.15, 0.2) is 48.5 Å². The first-order chi connectivity index (χ1) is 9.16. The molecule has 94 valence electrons. The predicted octanol–water partition coefficient (Wildman–Crippen LogP) is 4.37. The number of benzene rings is 2. The van der Waals surface area contributed by atoms with Crippen molar-refractivity contribution >= 4 is 23.0 Å². The zero-order valence-electron chi connectivity index (χ0n) is 10.9. The summed E-state index contributed by atoms with van der Waals surface area (Å²) >= 11 is 5.42. The highest BCUT2D eigenvalue weighted by molar-refractivity contribution is 7.71. The quantitative estimate of drug-likeness (QED) is 0.609. The van der Waals surface area contributed by atoms with E-state index in [1.54, 1.807) is 0 Å². The third-order valence-corrected chi connectivity index (χ3v) is 3.52. The molecule has 0 fully saturated rings. The summed E-state index contributed by atoms with van der Waals surface area (Å²) in [6, 6.07) is 16.6. The molecule has 3 rings (SSSR count). The van der Waals surface area contributed by atoms with Crippen LogP contribution in [0.1, 0.15) is 11.4 Å². The maximum Gasteiger partial charge on any atom is 0.204 e. The molecule has 1 aromatic heterocycles. The molecule has 0 atom stereocenters. The highest BCUT2D eigenvalue weighted by atomic mass is 32.1. The Morgan fingerprint density at radius 1 is 1.00 bits per heavy atom. The van der Waals surface area contributed by atoms with Crippen LogP contribution in [0.25, 0.3) is 16.5 Å². The number of nitrogens with zero attached hydrogens (tertiary/aromatic N) is 2. The van der Waals surface area contributed by atoms with Crippen molar-refractivity contribution in [3.63, 3.8) is 0 Å². The van der Waals surface area contributed by atoms with Gasteiger partial charge in [-0.15, -0.1) is 0 Å². The number of hydrogen-bond donors (Lipinski definition) is 0. The maximum atomic E-state index is 5.42. The summed E-state index contributed by atoms with van der Waals surface area (Å²) in [6.07, 6.45) is 0. The van der Waals surface area contributed by atoms with Crippen LogP contribution in [0.3, 0.4) is 0 Å². The Morgan fingerprint density at radius 2 is 1.74 bits per heavy atom. The van der Waals surface area contributed by atoms with Crippen molar-refractivity contribution in [3.05, 3.63) is 64.7 Å². The lowest BCUT2D eigenvalue weighted by molar-refractivity contribution is 0.896. The molecule has 0 radical (unpaired) electrons. The summed E-state index contributed by atoms with van der Waals surface area (Å²) in [6.45, 7) is 4.03. The molecule has 0 unspecified atom stereocenters. The van der Waals surface area contributed by atoms with E-state index in [4.69, 9.17) is 12.2 Å². The van der Waals surface area contributed by atoms with Gasteiger partial charge in [-0.3, -0.25) is 4.57 Å². The molecule has 0 spiro atoms. The topological polar surface area (TPSA) is 17.8 Å². The molecule has 0 aliphatic heterocycles. The summed E-state index contributed by atoms with van der Waals surface area (Å²) in [5.41, 5.74) is 3.15. The average molecular weight is 266 g/mol. The minimum absolute atomic E-state index is 0.605. The Hall–Kier alpha value is -2.00. The minimum atomic E-state index is 0.605. The van der Waals surface area contributed by atoms with Gasteiger partial charge in [0.15, 0.2) is 0 Å². The fourth-order valence-electron chi connectivity index (χ4n) is 2.45. The lowest BCUT2D eigenvalue weighted by atomic mass is 10.1. The van der Waals surface area contributed by atoms with Gasteiger partial charge in [0.25, 0.3) is 0 Å². The maximum absolute atomic E-state index is 5.42. The van der Waals surface area contributed by atoms with Crippen LogP contribution in [0.5, 0.6) is 0 Å². The van der Waals surface area contributed by atoms with Gasteiger partial charge in [0.05, 0.1) is 5.69 Å². The number of rotatable bonds is 1. The van der Waals surface area contributed by atoms with Crippen LogP contribution in [-0.2, 0) is 0 Å². The second-order valence-electron chi connectivity index (χ2n) is 4.66. The van der Waals surface area contributed by atoms with Gasteiger partial charge in [-0.2, -0.15) is 0 Å². The average Bonchev–Trinajstić information content (AvgIpc) is 2.38. The molecule has 0 bridgehead atoms. The monoisotopic (exact) mass is 266 g/mol. The Bertz CT molecular complexity index is 813. The zero-order valence-corrected chi connectivity index (χ0v) is 11.7. The molecule has 0 saturated heterocycles. The van der Waals surface area contributed by atoms with Crippen LogP contribution >= 0.6 is 12.2 Å².